The van der Waals surface area contributed by atoms with E-state index in [0.717, 1.165) is 22.4 Å². The number of rotatable bonds is 7. The number of aromatic nitrogens is 6. The van der Waals surface area contributed by atoms with Crippen LogP contribution in [-0.2, 0) is 15.6 Å². The summed E-state index contributed by atoms with van der Waals surface area (Å²) in [7, 11) is -3.85. The standard InChI is InChI=1S/C23H22F2N6O2S/c1-14-10-28-20(12-27-14)15(2)16(3)34(32,33)13-21-29-30-23(17-6-5-9-26-11-17)31(21)22-18(24)7-4-8-19(22)25/h4-12,15-16H,13H2,1-3H3/t15-,16-/m0/s1. The van der Waals surface area contributed by atoms with Gasteiger partial charge >= 0.3 is 0 Å². The van der Waals surface area contributed by atoms with Crippen LogP contribution in [0.4, 0.5) is 8.78 Å². The monoisotopic (exact) mass is 484 g/mol. The minimum Gasteiger partial charge on any atom is -0.272 e. The van der Waals surface area contributed by atoms with E-state index in [-0.39, 0.29) is 11.6 Å². The van der Waals surface area contributed by atoms with Crippen LogP contribution in [0, 0.1) is 18.6 Å². The van der Waals surface area contributed by atoms with Crippen molar-refractivity contribution in [3.05, 3.63) is 84.0 Å². The van der Waals surface area contributed by atoms with Gasteiger partial charge in [-0.2, -0.15) is 0 Å². The van der Waals surface area contributed by atoms with Gasteiger partial charge in [-0.3, -0.25) is 19.5 Å². The van der Waals surface area contributed by atoms with Crippen molar-refractivity contribution in [2.24, 2.45) is 0 Å². The molecule has 0 radical (unpaired) electrons. The molecule has 34 heavy (non-hydrogen) atoms. The lowest BCUT2D eigenvalue weighted by molar-refractivity contribution is 0.557. The molecule has 3 heterocycles. The SMILES string of the molecule is Cc1cnc([C@@H](C)[C@H](C)S(=O)(=O)Cc2nnc(-c3cccnc3)n2-c2c(F)cccc2F)cn1. The Kier molecular flexibility index (Phi) is 6.47. The molecule has 1 aromatic carbocycles. The van der Waals surface area contributed by atoms with Crippen molar-refractivity contribution in [2.75, 3.05) is 0 Å². The van der Waals surface area contributed by atoms with E-state index in [9.17, 15) is 17.2 Å². The number of halogens is 2. The lowest BCUT2D eigenvalue weighted by atomic mass is 10.1. The second-order valence-electron chi connectivity index (χ2n) is 7.97. The molecule has 0 spiro atoms. The summed E-state index contributed by atoms with van der Waals surface area (Å²) in [6.45, 7) is 5.09. The summed E-state index contributed by atoms with van der Waals surface area (Å²) in [5.41, 5.74) is 1.22. The third-order valence-corrected chi connectivity index (χ3v) is 7.88. The van der Waals surface area contributed by atoms with Crippen LogP contribution in [0.2, 0.25) is 0 Å². The quantitative estimate of drug-likeness (QED) is 0.393. The zero-order valence-electron chi connectivity index (χ0n) is 18.7. The van der Waals surface area contributed by atoms with Gasteiger partial charge < -0.3 is 0 Å². The maximum absolute atomic E-state index is 14.8. The molecule has 0 saturated heterocycles. The fourth-order valence-electron chi connectivity index (χ4n) is 3.53. The lowest BCUT2D eigenvalue weighted by Gasteiger charge is -2.20. The van der Waals surface area contributed by atoms with Crippen LogP contribution in [-0.4, -0.2) is 43.4 Å². The van der Waals surface area contributed by atoms with Gasteiger partial charge in [0.2, 0.25) is 0 Å². The summed E-state index contributed by atoms with van der Waals surface area (Å²) in [4.78, 5) is 12.5. The molecule has 2 atom stereocenters. The molecule has 3 aromatic heterocycles. The maximum atomic E-state index is 14.8. The van der Waals surface area contributed by atoms with Crippen LogP contribution < -0.4 is 0 Å². The van der Waals surface area contributed by atoms with E-state index < -0.39 is 44.1 Å². The van der Waals surface area contributed by atoms with Crippen molar-refractivity contribution < 1.29 is 17.2 Å². The van der Waals surface area contributed by atoms with Gasteiger partial charge in [-0.15, -0.1) is 10.2 Å². The first-order valence-corrected chi connectivity index (χ1v) is 12.2. The van der Waals surface area contributed by atoms with E-state index in [1.807, 2.05) is 0 Å². The summed E-state index contributed by atoms with van der Waals surface area (Å²) >= 11 is 0. The minimum absolute atomic E-state index is 0.0763. The molecule has 0 aliphatic rings. The van der Waals surface area contributed by atoms with E-state index in [1.165, 1.54) is 18.5 Å². The van der Waals surface area contributed by atoms with Crippen molar-refractivity contribution in [1.82, 2.24) is 29.7 Å². The molecule has 0 fully saturated rings. The van der Waals surface area contributed by atoms with Crippen LogP contribution in [0.1, 0.15) is 37.0 Å². The molecule has 0 N–H and O–H groups in total. The predicted octanol–water partition coefficient (Wildman–Crippen LogP) is 3.81. The van der Waals surface area contributed by atoms with Crippen molar-refractivity contribution >= 4 is 9.84 Å². The number of pyridine rings is 1. The number of hydrogen-bond donors (Lipinski definition) is 0. The van der Waals surface area contributed by atoms with Crippen LogP contribution in [0.5, 0.6) is 0 Å². The largest absolute Gasteiger partial charge is 0.272 e. The molecule has 0 saturated carbocycles. The van der Waals surface area contributed by atoms with Gasteiger partial charge in [-0.1, -0.05) is 13.0 Å². The number of benzene rings is 1. The minimum atomic E-state index is -3.85. The van der Waals surface area contributed by atoms with Gasteiger partial charge in [-0.05, 0) is 38.1 Å². The number of aryl methyl sites for hydroxylation is 1. The number of hydrogen-bond acceptors (Lipinski definition) is 7. The Bertz CT molecular complexity index is 1390. The highest BCUT2D eigenvalue weighted by Gasteiger charge is 2.32. The second kappa shape index (κ2) is 9.34. The average Bonchev–Trinajstić information content (AvgIpc) is 3.21. The molecule has 0 amide bonds. The summed E-state index contributed by atoms with van der Waals surface area (Å²) < 4.78 is 57.3. The Labute approximate surface area is 195 Å². The molecular formula is C23H22F2N6O2S. The zero-order valence-corrected chi connectivity index (χ0v) is 19.5. The van der Waals surface area contributed by atoms with Gasteiger partial charge in [0.05, 0.1) is 16.6 Å². The van der Waals surface area contributed by atoms with E-state index in [2.05, 4.69) is 25.1 Å². The average molecular weight is 485 g/mol. The lowest BCUT2D eigenvalue weighted by Crippen LogP contribution is -2.27. The Morgan fingerprint density at radius 2 is 1.71 bits per heavy atom. The summed E-state index contributed by atoms with van der Waals surface area (Å²) in [6, 6.07) is 6.68. The van der Waals surface area contributed by atoms with E-state index in [1.54, 1.807) is 45.3 Å². The molecule has 4 rings (SSSR count). The normalized spacial score (nSPS) is 13.6. The molecule has 8 nitrogen and oxygen atoms in total. The molecule has 176 valence electrons. The fraction of sp³-hybridized carbons (Fsp3) is 0.261. The molecule has 11 heteroatoms. The Balaban J connectivity index is 1.77. The van der Waals surface area contributed by atoms with Gasteiger partial charge in [0.15, 0.2) is 21.5 Å². The van der Waals surface area contributed by atoms with Crippen molar-refractivity contribution in [3.63, 3.8) is 0 Å². The first kappa shape index (κ1) is 23.6. The van der Waals surface area contributed by atoms with Crippen molar-refractivity contribution in [2.45, 2.75) is 37.7 Å². The molecule has 0 bridgehead atoms. The summed E-state index contributed by atoms with van der Waals surface area (Å²) in [5.74, 6) is -2.85. The first-order valence-electron chi connectivity index (χ1n) is 10.5. The van der Waals surface area contributed by atoms with Crippen LogP contribution in [0.3, 0.4) is 0 Å². The van der Waals surface area contributed by atoms with Gasteiger partial charge in [0, 0.05) is 36.3 Å². The number of nitrogens with zero attached hydrogens (tertiary/aromatic N) is 6. The van der Waals surface area contributed by atoms with E-state index >= 15 is 0 Å². The maximum Gasteiger partial charge on any atom is 0.170 e. The molecule has 0 aliphatic carbocycles. The van der Waals surface area contributed by atoms with E-state index in [0.29, 0.717) is 11.3 Å². The third-order valence-electron chi connectivity index (χ3n) is 5.68. The Morgan fingerprint density at radius 1 is 0.971 bits per heavy atom. The predicted molar refractivity (Wildman–Crippen MR) is 122 cm³/mol. The summed E-state index contributed by atoms with van der Waals surface area (Å²) in [5, 5.41) is 7.19. The zero-order chi connectivity index (χ0) is 24.5. The number of sulfone groups is 1. The van der Waals surface area contributed by atoms with Crippen molar-refractivity contribution in [1.29, 1.82) is 0 Å². The van der Waals surface area contributed by atoms with Crippen LogP contribution in [0.15, 0.2) is 55.1 Å². The van der Waals surface area contributed by atoms with Crippen LogP contribution in [0.25, 0.3) is 17.1 Å². The highest BCUT2D eigenvalue weighted by atomic mass is 32.2. The first-order chi connectivity index (χ1) is 16.2. The highest BCUT2D eigenvalue weighted by molar-refractivity contribution is 7.91. The van der Waals surface area contributed by atoms with Gasteiger partial charge in [-0.25, -0.2) is 17.2 Å². The second-order valence-corrected chi connectivity index (χ2v) is 10.3. The topological polar surface area (TPSA) is 104 Å². The third kappa shape index (κ3) is 4.56. The van der Waals surface area contributed by atoms with E-state index in [4.69, 9.17) is 0 Å². The highest BCUT2D eigenvalue weighted by Crippen LogP contribution is 2.29. The molecule has 0 unspecified atom stereocenters. The summed E-state index contributed by atoms with van der Waals surface area (Å²) in [6.07, 6.45) is 6.11. The smallest absolute Gasteiger partial charge is 0.170 e. The molecule has 4 aromatic rings. The number of para-hydroxylation sites is 1. The van der Waals surface area contributed by atoms with Gasteiger partial charge in [0.25, 0.3) is 0 Å². The van der Waals surface area contributed by atoms with Gasteiger partial charge in [0.1, 0.15) is 23.1 Å². The molecule has 0 aliphatic heterocycles. The Hall–Kier alpha value is -3.60. The van der Waals surface area contributed by atoms with Crippen LogP contribution >= 0.6 is 0 Å². The fourth-order valence-corrected chi connectivity index (χ4v) is 5.10. The Morgan fingerprint density at radius 3 is 2.32 bits per heavy atom. The molecular weight excluding hydrogens is 462 g/mol. The van der Waals surface area contributed by atoms with Crippen molar-refractivity contribution in [3.8, 4) is 17.1 Å².